The number of fused-ring (bicyclic) bond motifs is 1. The highest BCUT2D eigenvalue weighted by molar-refractivity contribution is 14.0. The lowest BCUT2D eigenvalue weighted by Gasteiger charge is -2.11. The number of nitrogens with zero attached hydrogens (tertiary/aromatic N) is 1. The smallest absolute Gasteiger partial charge is 0.191 e. The van der Waals surface area contributed by atoms with Crippen molar-refractivity contribution in [2.24, 2.45) is 10.9 Å². The van der Waals surface area contributed by atoms with Crippen molar-refractivity contribution in [3.05, 3.63) is 35.5 Å². The Balaban J connectivity index is 0.00000261. The molecule has 1 aromatic carbocycles. The van der Waals surface area contributed by atoms with Gasteiger partial charge < -0.3 is 20.4 Å². The average molecular weight is 484 g/mol. The van der Waals surface area contributed by atoms with Crippen LogP contribution in [0.3, 0.4) is 0 Å². The van der Waals surface area contributed by atoms with Crippen LogP contribution in [0.25, 0.3) is 10.9 Å². The van der Waals surface area contributed by atoms with E-state index < -0.39 is 0 Å². The normalized spacial score (nSPS) is 14.2. The van der Waals surface area contributed by atoms with Crippen LogP contribution in [0.1, 0.15) is 37.3 Å². The Labute approximate surface area is 179 Å². The minimum absolute atomic E-state index is 0. The lowest BCUT2D eigenvalue weighted by Crippen LogP contribution is -2.38. The molecular weight excluding hydrogens is 451 g/mol. The van der Waals surface area contributed by atoms with Crippen LogP contribution in [0.5, 0.6) is 0 Å². The molecule has 0 aliphatic heterocycles. The topological polar surface area (TPSA) is 61.4 Å². The first-order chi connectivity index (χ1) is 12.8. The molecular formula is C21H33IN4O. The van der Waals surface area contributed by atoms with Gasteiger partial charge in [-0.05, 0) is 62.6 Å². The molecule has 1 aliphatic carbocycles. The number of aryl methyl sites for hydroxylation is 1. The largest absolute Gasteiger partial charge is 0.381 e. The van der Waals surface area contributed by atoms with Crippen molar-refractivity contribution >= 4 is 40.8 Å². The molecule has 0 bridgehead atoms. The number of guanidine groups is 1. The number of nitrogens with one attached hydrogen (secondary N) is 3. The molecule has 0 unspecified atom stereocenters. The number of H-pyrrole nitrogens is 1. The van der Waals surface area contributed by atoms with Gasteiger partial charge in [0.2, 0.25) is 0 Å². The number of halogens is 1. The number of hydrogen-bond donors (Lipinski definition) is 3. The molecule has 1 aromatic heterocycles. The second-order valence-corrected chi connectivity index (χ2v) is 7.12. The van der Waals surface area contributed by atoms with Gasteiger partial charge in [0.1, 0.15) is 0 Å². The van der Waals surface area contributed by atoms with Gasteiger partial charge in [-0.2, -0.15) is 0 Å². The predicted molar refractivity (Wildman–Crippen MR) is 124 cm³/mol. The summed E-state index contributed by atoms with van der Waals surface area (Å²) in [5.41, 5.74) is 3.90. The minimum Gasteiger partial charge on any atom is -0.381 e. The molecule has 150 valence electrons. The van der Waals surface area contributed by atoms with E-state index in [4.69, 9.17) is 4.74 Å². The van der Waals surface area contributed by atoms with Gasteiger partial charge in [0.25, 0.3) is 0 Å². The maximum atomic E-state index is 5.67. The third-order valence-electron chi connectivity index (χ3n) is 4.79. The summed E-state index contributed by atoms with van der Waals surface area (Å²) in [6.45, 7) is 8.55. The highest BCUT2D eigenvalue weighted by Gasteiger charge is 2.20. The van der Waals surface area contributed by atoms with Crippen molar-refractivity contribution in [1.29, 1.82) is 0 Å². The molecule has 1 saturated carbocycles. The first kappa shape index (κ1) is 22.0. The second-order valence-electron chi connectivity index (χ2n) is 7.12. The molecule has 5 nitrogen and oxygen atoms in total. The quantitative estimate of drug-likeness (QED) is 0.207. The van der Waals surface area contributed by atoms with E-state index in [2.05, 4.69) is 58.9 Å². The van der Waals surface area contributed by atoms with E-state index in [0.717, 1.165) is 57.6 Å². The maximum Gasteiger partial charge on any atom is 0.191 e. The molecule has 6 heteroatoms. The number of aromatic nitrogens is 1. The Morgan fingerprint density at radius 3 is 2.93 bits per heavy atom. The standard InChI is InChI=1S/C21H32N4O.HI/c1-3-22-21(23-11-5-13-26-15-17-8-9-17)24-12-10-18-14-25-19-7-4-6-16(2)20(18)19;/h4,6-7,14,17,25H,3,5,8-13,15H2,1-2H3,(H2,22,23,24);1H. The average Bonchev–Trinajstić information content (AvgIpc) is 3.37. The molecule has 0 saturated heterocycles. The summed E-state index contributed by atoms with van der Waals surface area (Å²) in [5, 5.41) is 8.12. The molecule has 0 atom stereocenters. The summed E-state index contributed by atoms with van der Waals surface area (Å²) in [6, 6.07) is 6.40. The zero-order valence-electron chi connectivity index (χ0n) is 16.5. The fourth-order valence-corrected chi connectivity index (χ4v) is 3.20. The molecule has 0 amide bonds. The first-order valence-corrected chi connectivity index (χ1v) is 9.93. The summed E-state index contributed by atoms with van der Waals surface area (Å²) >= 11 is 0. The molecule has 1 fully saturated rings. The lowest BCUT2D eigenvalue weighted by atomic mass is 10.1. The van der Waals surface area contributed by atoms with Crippen molar-refractivity contribution in [2.75, 3.05) is 32.8 Å². The molecule has 3 N–H and O–H groups in total. The second kappa shape index (κ2) is 11.5. The number of aromatic amines is 1. The third-order valence-corrected chi connectivity index (χ3v) is 4.79. The van der Waals surface area contributed by atoms with Crippen LogP contribution in [-0.2, 0) is 11.2 Å². The maximum absolute atomic E-state index is 5.67. The highest BCUT2D eigenvalue weighted by atomic mass is 127. The summed E-state index contributed by atoms with van der Waals surface area (Å²) < 4.78 is 5.67. The fraction of sp³-hybridized carbons (Fsp3) is 0.571. The molecule has 1 heterocycles. The van der Waals surface area contributed by atoms with Crippen molar-refractivity contribution in [1.82, 2.24) is 15.6 Å². The van der Waals surface area contributed by atoms with E-state index in [0.29, 0.717) is 0 Å². The van der Waals surface area contributed by atoms with Crippen LogP contribution >= 0.6 is 24.0 Å². The SMILES string of the molecule is CCNC(=NCCCOCC1CC1)NCCc1c[nH]c2cccc(C)c12.I. The van der Waals surface area contributed by atoms with Gasteiger partial charge in [-0.15, -0.1) is 24.0 Å². The Morgan fingerprint density at radius 1 is 1.30 bits per heavy atom. The molecule has 0 spiro atoms. The molecule has 0 radical (unpaired) electrons. The van der Waals surface area contributed by atoms with Crippen LogP contribution in [0.15, 0.2) is 29.4 Å². The van der Waals surface area contributed by atoms with Gasteiger partial charge in [0.15, 0.2) is 5.96 Å². The zero-order valence-corrected chi connectivity index (χ0v) is 18.8. The first-order valence-electron chi connectivity index (χ1n) is 9.93. The summed E-state index contributed by atoms with van der Waals surface area (Å²) in [6.07, 6.45) is 6.77. The molecule has 3 rings (SSSR count). The van der Waals surface area contributed by atoms with Crippen LogP contribution in [0.4, 0.5) is 0 Å². The van der Waals surface area contributed by atoms with Crippen molar-refractivity contribution in [2.45, 2.75) is 39.5 Å². The Kier molecular flexibility index (Phi) is 9.41. The van der Waals surface area contributed by atoms with Crippen LogP contribution in [0, 0.1) is 12.8 Å². The van der Waals surface area contributed by atoms with Gasteiger partial charge in [-0.3, -0.25) is 4.99 Å². The van der Waals surface area contributed by atoms with E-state index in [-0.39, 0.29) is 24.0 Å². The van der Waals surface area contributed by atoms with Crippen LogP contribution in [-0.4, -0.2) is 43.8 Å². The zero-order chi connectivity index (χ0) is 18.2. The Morgan fingerprint density at radius 2 is 2.15 bits per heavy atom. The number of benzene rings is 1. The van der Waals surface area contributed by atoms with Crippen LogP contribution in [0.2, 0.25) is 0 Å². The van der Waals surface area contributed by atoms with E-state index >= 15 is 0 Å². The summed E-state index contributed by atoms with van der Waals surface area (Å²) in [4.78, 5) is 8.02. The summed E-state index contributed by atoms with van der Waals surface area (Å²) in [5.74, 6) is 1.73. The minimum atomic E-state index is 0. The summed E-state index contributed by atoms with van der Waals surface area (Å²) in [7, 11) is 0. The van der Waals surface area contributed by atoms with Gasteiger partial charge in [-0.1, -0.05) is 12.1 Å². The van der Waals surface area contributed by atoms with E-state index in [1.165, 1.54) is 34.9 Å². The highest BCUT2D eigenvalue weighted by Crippen LogP contribution is 2.28. The number of ether oxygens (including phenoxy) is 1. The van der Waals surface area contributed by atoms with Gasteiger partial charge in [-0.25, -0.2) is 0 Å². The van der Waals surface area contributed by atoms with Crippen molar-refractivity contribution < 1.29 is 4.74 Å². The fourth-order valence-electron chi connectivity index (χ4n) is 3.20. The van der Waals surface area contributed by atoms with Crippen molar-refractivity contribution in [3.8, 4) is 0 Å². The van der Waals surface area contributed by atoms with E-state index in [9.17, 15) is 0 Å². The predicted octanol–water partition coefficient (Wildman–Crippen LogP) is 4.01. The monoisotopic (exact) mass is 484 g/mol. The number of aliphatic imine (C=N–C) groups is 1. The number of hydrogen-bond acceptors (Lipinski definition) is 2. The Hall–Kier alpha value is -1.28. The molecule has 27 heavy (non-hydrogen) atoms. The Bertz CT molecular complexity index is 724. The number of rotatable bonds is 10. The van der Waals surface area contributed by atoms with Crippen molar-refractivity contribution in [3.63, 3.8) is 0 Å². The molecule has 2 aromatic rings. The van der Waals surface area contributed by atoms with Gasteiger partial charge >= 0.3 is 0 Å². The lowest BCUT2D eigenvalue weighted by molar-refractivity contribution is 0.123. The van der Waals surface area contributed by atoms with Gasteiger partial charge in [0, 0.05) is 49.9 Å². The van der Waals surface area contributed by atoms with E-state index in [1.54, 1.807) is 0 Å². The van der Waals surface area contributed by atoms with Crippen LogP contribution < -0.4 is 10.6 Å². The molecule has 1 aliphatic rings. The third kappa shape index (κ3) is 6.99. The van der Waals surface area contributed by atoms with Gasteiger partial charge in [0.05, 0.1) is 0 Å². The van der Waals surface area contributed by atoms with E-state index in [1.807, 2.05) is 0 Å².